The minimum Gasteiger partial charge on any atom is -0.466 e. The van der Waals surface area contributed by atoms with Crippen molar-refractivity contribution in [3.05, 3.63) is 0 Å². The van der Waals surface area contributed by atoms with Crippen molar-refractivity contribution in [3.8, 4) is 0 Å². The van der Waals surface area contributed by atoms with E-state index >= 15 is 0 Å². The van der Waals surface area contributed by atoms with Crippen LogP contribution in [0.3, 0.4) is 0 Å². The van der Waals surface area contributed by atoms with Gasteiger partial charge in [0, 0.05) is 10.7 Å². The Bertz CT molecular complexity index is 246. The van der Waals surface area contributed by atoms with Crippen molar-refractivity contribution in [1.29, 1.82) is 0 Å². The van der Waals surface area contributed by atoms with Crippen molar-refractivity contribution in [1.82, 2.24) is 0 Å². The molecule has 0 aromatic rings. The number of hydrogen-bond donors (Lipinski definition) is 0. The molecule has 21 heavy (non-hydrogen) atoms. The molecule has 0 unspecified atom stereocenters. The molecule has 6 heteroatoms. The summed E-state index contributed by atoms with van der Waals surface area (Å²) < 4.78 is 10.1. The third-order valence-corrected chi connectivity index (χ3v) is 3.71. The molecule has 124 valence electrons. The first-order valence-electron chi connectivity index (χ1n) is 7.64. The Hall–Kier alpha value is -0.100. The molecule has 0 aliphatic carbocycles. The number of ether oxygens (including phenoxy) is 2. The number of hydrogen-bond acceptors (Lipinski definition) is 4. The average molecular weight is 430 g/mol. The second kappa shape index (κ2) is 16.3. The van der Waals surface area contributed by atoms with Crippen molar-refractivity contribution in [2.75, 3.05) is 23.9 Å². The Morgan fingerprint density at radius 2 is 0.952 bits per heavy atom. The number of rotatable bonds is 14. The predicted octanol–water partition coefficient (Wildman–Crippen LogP) is 4.37. The Labute approximate surface area is 144 Å². The number of carbonyl (C=O) groups excluding carboxylic acids is 2. The van der Waals surface area contributed by atoms with Crippen LogP contribution in [0.15, 0.2) is 0 Å². The van der Waals surface area contributed by atoms with Gasteiger partial charge in [0.1, 0.15) is 0 Å². The van der Waals surface area contributed by atoms with Gasteiger partial charge in [-0.1, -0.05) is 64.0 Å². The van der Waals surface area contributed by atoms with Crippen molar-refractivity contribution in [2.45, 2.75) is 57.8 Å². The number of carbonyl (C=O) groups is 2. The molecule has 0 N–H and O–H groups in total. The van der Waals surface area contributed by atoms with Gasteiger partial charge in [0.2, 0.25) is 0 Å². The van der Waals surface area contributed by atoms with E-state index in [1.165, 1.54) is 19.3 Å². The van der Waals surface area contributed by atoms with Gasteiger partial charge in [-0.3, -0.25) is 9.59 Å². The highest BCUT2D eigenvalue weighted by Crippen LogP contribution is 2.08. The first-order valence-corrected chi connectivity index (χ1v) is 9.88. The van der Waals surface area contributed by atoms with Gasteiger partial charge in [0.05, 0.1) is 26.1 Å². The number of unbranched alkanes of at least 4 members (excludes halogenated alkanes) is 6. The molecule has 0 amide bonds. The maximum absolute atomic E-state index is 11.1. The third kappa shape index (κ3) is 16.1. The van der Waals surface area contributed by atoms with Crippen LogP contribution in [0.2, 0.25) is 0 Å². The van der Waals surface area contributed by atoms with Gasteiger partial charge in [-0.25, -0.2) is 0 Å². The summed E-state index contributed by atoms with van der Waals surface area (Å²) in [6.45, 7) is 1.07. The predicted molar refractivity (Wildman–Crippen MR) is 91.1 cm³/mol. The van der Waals surface area contributed by atoms with Crippen LogP contribution >= 0.6 is 31.9 Å². The van der Waals surface area contributed by atoms with Gasteiger partial charge in [-0.05, 0) is 12.8 Å². The molecule has 0 atom stereocenters. The summed E-state index contributed by atoms with van der Waals surface area (Å²) in [5, 5.41) is 1.33. The Morgan fingerprint density at radius 1 is 0.619 bits per heavy atom. The summed E-state index contributed by atoms with van der Waals surface area (Å²) in [6.07, 6.45) is 8.49. The van der Waals surface area contributed by atoms with Crippen molar-refractivity contribution < 1.29 is 19.1 Å². The molecule has 0 aromatic carbocycles. The number of esters is 2. The highest BCUT2D eigenvalue weighted by molar-refractivity contribution is 9.09. The molecule has 0 rings (SSSR count). The highest BCUT2D eigenvalue weighted by atomic mass is 79.9. The molecule has 0 spiro atoms. The molecule has 0 aliphatic heterocycles. The molecule has 0 aromatic heterocycles. The maximum atomic E-state index is 11.1. The van der Waals surface area contributed by atoms with Crippen LogP contribution in [0.4, 0.5) is 0 Å². The largest absolute Gasteiger partial charge is 0.466 e. The van der Waals surface area contributed by atoms with Crippen LogP contribution in [0.5, 0.6) is 0 Å². The lowest BCUT2D eigenvalue weighted by Crippen LogP contribution is -2.06. The molecule has 0 heterocycles. The van der Waals surface area contributed by atoms with Crippen LogP contribution in [0.25, 0.3) is 0 Å². The zero-order valence-corrected chi connectivity index (χ0v) is 15.8. The quantitative estimate of drug-likeness (QED) is 0.233. The fourth-order valence-corrected chi connectivity index (χ4v) is 2.41. The molecular weight excluding hydrogens is 404 g/mol. The van der Waals surface area contributed by atoms with Crippen molar-refractivity contribution in [3.63, 3.8) is 0 Å². The number of halogens is 2. The standard InChI is InChI=1S/C15H26Br2O4/c16-10-8-14(18)20-12-6-4-2-1-3-5-7-13-21-15(19)9-11-17/h1-13H2. The Kier molecular flexibility index (Phi) is 16.2. The Morgan fingerprint density at radius 3 is 1.29 bits per heavy atom. The fraction of sp³-hybridized carbons (Fsp3) is 0.867. The molecule has 0 bridgehead atoms. The molecule has 0 saturated heterocycles. The normalized spacial score (nSPS) is 10.4. The van der Waals surface area contributed by atoms with Crippen molar-refractivity contribution in [2.24, 2.45) is 0 Å². The monoisotopic (exact) mass is 428 g/mol. The molecular formula is C15H26Br2O4. The second-order valence-electron chi connectivity index (χ2n) is 4.79. The van der Waals surface area contributed by atoms with E-state index in [1.807, 2.05) is 0 Å². The second-order valence-corrected chi connectivity index (χ2v) is 6.38. The zero-order valence-electron chi connectivity index (χ0n) is 12.6. The van der Waals surface area contributed by atoms with Gasteiger partial charge in [-0.15, -0.1) is 0 Å². The minimum atomic E-state index is -0.124. The van der Waals surface area contributed by atoms with E-state index in [-0.39, 0.29) is 11.9 Å². The van der Waals surface area contributed by atoms with Crippen LogP contribution in [0.1, 0.15) is 57.8 Å². The van der Waals surface area contributed by atoms with E-state index in [9.17, 15) is 9.59 Å². The van der Waals surface area contributed by atoms with Crippen molar-refractivity contribution >= 4 is 43.8 Å². The maximum Gasteiger partial charge on any atom is 0.306 e. The SMILES string of the molecule is O=C(CCBr)OCCCCCCCCCOC(=O)CCBr. The Balaban J connectivity index is 3.12. The summed E-state index contributed by atoms with van der Waals surface area (Å²) in [6, 6.07) is 0. The van der Waals surface area contributed by atoms with Gasteiger partial charge in [0.15, 0.2) is 0 Å². The summed E-state index contributed by atoms with van der Waals surface area (Å²) >= 11 is 6.41. The van der Waals surface area contributed by atoms with Crippen LogP contribution in [-0.4, -0.2) is 35.8 Å². The highest BCUT2D eigenvalue weighted by Gasteiger charge is 2.01. The lowest BCUT2D eigenvalue weighted by Gasteiger charge is -2.05. The van der Waals surface area contributed by atoms with Gasteiger partial charge in [-0.2, -0.15) is 0 Å². The van der Waals surface area contributed by atoms with E-state index in [0.29, 0.717) is 36.7 Å². The summed E-state index contributed by atoms with van der Waals surface area (Å²) in [5.74, 6) is -0.248. The number of alkyl halides is 2. The van der Waals surface area contributed by atoms with Gasteiger partial charge >= 0.3 is 11.9 Å². The first-order chi connectivity index (χ1) is 10.2. The molecule has 0 fully saturated rings. The lowest BCUT2D eigenvalue weighted by molar-refractivity contribution is -0.144. The smallest absolute Gasteiger partial charge is 0.306 e. The van der Waals surface area contributed by atoms with E-state index in [1.54, 1.807) is 0 Å². The van der Waals surface area contributed by atoms with Crippen LogP contribution in [0, 0.1) is 0 Å². The van der Waals surface area contributed by atoms with Crippen LogP contribution < -0.4 is 0 Å². The molecule has 0 radical (unpaired) electrons. The topological polar surface area (TPSA) is 52.6 Å². The summed E-state index contributed by atoms with van der Waals surface area (Å²) in [4.78, 5) is 22.2. The zero-order chi connectivity index (χ0) is 15.8. The fourth-order valence-electron chi connectivity index (χ4n) is 1.76. The van der Waals surface area contributed by atoms with E-state index in [2.05, 4.69) is 31.9 Å². The third-order valence-electron chi connectivity index (χ3n) is 2.91. The minimum absolute atomic E-state index is 0.124. The van der Waals surface area contributed by atoms with Gasteiger partial charge in [0.25, 0.3) is 0 Å². The average Bonchev–Trinajstić information content (AvgIpc) is 2.45. The van der Waals surface area contributed by atoms with Crippen LogP contribution in [-0.2, 0) is 19.1 Å². The molecule has 0 saturated carbocycles. The van der Waals surface area contributed by atoms with E-state index < -0.39 is 0 Å². The molecule has 0 aliphatic rings. The van der Waals surface area contributed by atoms with E-state index in [4.69, 9.17) is 9.47 Å². The summed E-state index contributed by atoms with van der Waals surface area (Å²) in [7, 11) is 0. The summed E-state index contributed by atoms with van der Waals surface area (Å²) in [5.41, 5.74) is 0. The first kappa shape index (κ1) is 20.9. The van der Waals surface area contributed by atoms with Gasteiger partial charge < -0.3 is 9.47 Å². The van der Waals surface area contributed by atoms with E-state index in [0.717, 1.165) is 25.7 Å². The lowest BCUT2D eigenvalue weighted by atomic mass is 10.1. The molecule has 4 nitrogen and oxygen atoms in total.